The summed E-state index contributed by atoms with van der Waals surface area (Å²) < 4.78 is 5.84. The molecule has 1 spiro atoms. The van der Waals surface area contributed by atoms with Gasteiger partial charge in [0.2, 0.25) is 0 Å². The number of carbonyl (C=O) groups is 1. The van der Waals surface area contributed by atoms with Gasteiger partial charge in [-0.05, 0) is 37.8 Å². The van der Waals surface area contributed by atoms with E-state index in [1.165, 1.54) is 6.42 Å². The Morgan fingerprint density at radius 1 is 1.07 bits per heavy atom. The molecule has 1 aromatic heterocycles. The molecule has 1 saturated carbocycles. The second kappa shape index (κ2) is 7.84. The van der Waals surface area contributed by atoms with Crippen LogP contribution in [0.4, 0.5) is 0 Å². The number of likely N-dealkylation sites (tertiary alicyclic amines) is 1. The summed E-state index contributed by atoms with van der Waals surface area (Å²) in [5.41, 5.74) is 3.61. The number of piperidine rings is 1. The molecule has 0 bridgehead atoms. The van der Waals surface area contributed by atoms with Gasteiger partial charge in [0.15, 0.2) is 0 Å². The number of rotatable bonds is 3. The Morgan fingerprint density at radius 2 is 1.83 bits per heavy atom. The maximum Gasteiger partial charge on any atom is 0.254 e. The number of hydrogen-bond donors (Lipinski definition) is 0. The quantitative estimate of drug-likeness (QED) is 0.597. The first-order valence-electron chi connectivity index (χ1n) is 11.0. The van der Waals surface area contributed by atoms with Gasteiger partial charge in [-0.3, -0.25) is 4.79 Å². The van der Waals surface area contributed by atoms with E-state index in [0.717, 1.165) is 66.5 Å². The van der Waals surface area contributed by atoms with Crippen LogP contribution in [-0.2, 0) is 4.74 Å². The van der Waals surface area contributed by atoms with Crippen LogP contribution in [0, 0.1) is 5.41 Å². The highest BCUT2D eigenvalue weighted by atomic mass is 16.5. The summed E-state index contributed by atoms with van der Waals surface area (Å²) in [6, 6.07) is 20.0. The average Bonchev–Trinajstić information content (AvgIpc) is 3.19. The van der Waals surface area contributed by atoms with Crippen molar-refractivity contribution in [3.05, 3.63) is 66.2 Å². The summed E-state index contributed by atoms with van der Waals surface area (Å²) in [6.07, 6.45) is 5.91. The zero-order valence-electron chi connectivity index (χ0n) is 17.5. The zero-order valence-corrected chi connectivity index (χ0v) is 17.5. The van der Waals surface area contributed by atoms with E-state index in [4.69, 9.17) is 9.72 Å². The minimum Gasteiger partial charge on any atom is -0.381 e. The second-order valence-electron chi connectivity index (χ2n) is 8.75. The van der Waals surface area contributed by atoms with Crippen molar-refractivity contribution >= 4 is 16.8 Å². The number of amides is 1. The maximum absolute atomic E-state index is 13.8. The van der Waals surface area contributed by atoms with Crippen molar-refractivity contribution in [2.45, 2.75) is 38.2 Å². The molecule has 4 nitrogen and oxygen atoms in total. The highest BCUT2D eigenvalue weighted by Gasteiger charge is 2.46. The average molecular weight is 401 g/mol. The summed E-state index contributed by atoms with van der Waals surface area (Å²) in [5.74, 6) is 0.117. The molecule has 1 aliphatic carbocycles. The van der Waals surface area contributed by atoms with Crippen molar-refractivity contribution in [2.24, 2.45) is 5.41 Å². The lowest BCUT2D eigenvalue weighted by Gasteiger charge is -2.43. The fourth-order valence-electron chi connectivity index (χ4n) is 5.55. The third kappa shape index (κ3) is 3.29. The van der Waals surface area contributed by atoms with Crippen LogP contribution in [0.25, 0.3) is 22.2 Å². The molecule has 2 fully saturated rings. The molecule has 5 rings (SSSR count). The van der Waals surface area contributed by atoms with Crippen LogP contribution in [0.5, 0.6) is 0 Å². The number of para-hydroxylation sites is 1. The number of ether oxygens (including phenoxy) is 1. The summed E-state index contributed by atoms with van der Waals surface area (Å²) in [7, 11) is 1.82. The van der Waals surface area contributed by atoms with Crippen LogP contribution in [0.3, 0.4) is 0 Å². The molecule has 2 aliphatic rings. The van der Waals surface area contributed by atoms with Crippen molar-refractivity contribution in [3.8, 4) is 11.3 Å². The molecule has 1 saturated heterocycles. The fourth-order valence-corrected chi connectivity index (χ4v) is 5.55. The van der Waals surface area contributed by atoms with Gasteiger partial charge in [-0.15, -0.1) is 0 Å². The van der Waals surface area contributed by atoms with Crippen LogP contribution >= 0.6 is 0 Å². The van der Waals surface area contributed by atoms with Gasteiger partial charge in [0.25, 0.3) is 5.91 Å². The predicted molar refractivity (Wildman–Crippen MR) is 119 cm³/mol. The van der Waals surface area contributed by atoms with Gasteiger partial charge < -0.3 is 9.64 Å². The Labute approximate surface area is 177 Å². The second-order valence-corrected chi connectivity index (χ2v) is 8.75. The topological polar surface area (TPSA) is 42.4 Å². The first-order chi connectivity index (χ1) is 14.7. The smallest absolute Gasteiger partial charge is 0.254 e. The molecular weight excluding hydrogens is 372 g/mol. The predicted octanol–water partition coefficient (Wildman–Crippen LogP) is 5.32. The number of pyridine rings is 1. The third-order valence-corrected chi connectivity index (χ3v) is 7.02. The molecule has 154 valence electrons. The number of fused-ring (bicyclic) bond motifs is 1. The SMILES string of the molecule is CO[C@@H]1CCC[C@@]12CCCN(C(=O)c1cc(-c3ccccc3)nc3ccccc13)C2. The van der Waals surface area contributed by atoms with Crippen molar-refractivity contribution < 1.29 is 9.53 Å². The summed E-state index contributed by atoms with van der Waals surface area (Å²) in [4.78, 5) is 20.7. The van der Waals surface area contributed by atoms with Crippen LogP contribution in [-0.4, -0.2) is 42.1 Å². The number of benzene rings is 2. The molecule has 0 radical (unpaired) electrons. The normalized spacial score (nSPS) is 23.9. The van der Waals surface area contributed by atoms with E-state index in [2.05, 4.69) is 4.90 Å². The number of carbonyl (C=O) groups excluding carboxylic acids is 1. The lowest BCUT2D eigenvalue weighted by Crippen LogP contribution is -2.49. The third-order valence-electron chi connectivity index (χ3n) is 7.02. The van der Waals surface area contributed by atoms with Crippen LogP contribution in [0.15, 0.2) is 60.7 Å². The highest BCUT2D eigenvalue weighted by molar-refractivity contribution is 6.07. The molecule has 3 aromatic rings. The standard InChI is InChI=1S/C26H28N2O2/c1-30-24-13-7-14-26(24)15-8-16-28(18-26)25(29)21-17-23(19-9-3-2-4-10-19)27-22-12-6-5-11-20(21)22/h2-6,9-12,17,24H,7-8,13-16,18H2,1H3/t24-,26+/m1/s1. The lowest BCUT2D eigenvalue weighted by molar-refractivity contribution is -0.0295. The van der Waals surface area contributed by atoms with E-state index in [1.807, 2.05) is 67.8 Å². The number of hydrogen-bond acceptors (Lipinski definition) is 3. The summed E-state index contributed by atoms with van der Waals surface area (Å²) >= 11 is 0. The number of nitrogens with zero attached hydrogens (tertiary/aromatic N) is 2. The van der Waals surface area contributed by atoms with Gasteiger partial charge in [0, 0.05) is 36.6 Å². The monoisotopic (exact) mass is 400 g/mol. The number of aromatic nitrogens is 1. The molecule has 4 heteroatoms. The van der Waals surface area contributed by atoms with E-state index in [9.17, 15) is 4.79 Å². The fraction of sp³-hybridized carbons (Fsp3) is 0.385. The molecule has 2 atom stereocenters. The van der Waals surface area contributed by atoms with E-state index < -0.39 is 0 Å². The van der Waals surface area contributed by atoms with E-state index >= 15 is 0 Å². The molecule has 2 heterocycles. The van der Waals surface area contributed by atoms with Gasteiger partial charge in [-0.25, -0.2) is 4.98 Å². The van der Waals surface area contributed by atoms with E-state index in [1.54, 1.807) is 0 Å². The lowest BCUT2D eigenvalue weighted by atomic mass is 9.76. The van der Waals surface area contributed by atoms with Crippen molar-refractivity contribution in [2.75, 3.05) is 20.2 Å². The van der Waals surface area contributed by atoms with Gasteiger partial charge in [-0.1, -0.05) is 55.0 Å². The molecule has 1 amide bonds. The van der Waals surface area contributed by atoms with Gasteiger partial charge in [0.1, 0.15) is 0 Å². The van der Waals surface area contributed by atoms with Gasteiger partial charge in [-0.2, -0.15) is 0 Å². The van der Waals surface area contributed by atoms with Crippen LogP contribution in [0.2, 0.25) is 0 Å². The van der Waals surface area contributed by atoms with E-state index in [0.29, 0.717) is 0 Å². The minimum atomic E-state index is 0.117. The van der Waals surface area contributed by atoms with Crippen molar-refractivity contribution in [1.29, 1.82) is 0 Å². The largest absolute Gasteiger partial charge is 0.381 e. The van der Waals surface area contributed by atoms with Crippen LogP contribution in [0.1, 0.15) is 42.5 Å². The molecular formula is C26H28N2O2. The first kappa shape index (κ1) is 19.3. The maximum atomic E-state index is 13.8. The highest BCUT2D eigenvalue weighted by Crippen LogP contribution is 2.46. The molecule has 0 unspecified atom stereocenters. The Kier molecular flexibility index (Phi) is 5.03. The molecule has 1 aliphatic heterocycles. The van der Waals surface area contributed by atoms with Crippen molar-refractivity contribution in [3.63, 3.8) is 0 Å². The zero-order chi connectivity index (χ0) is 20.6. The first-order valence-corrected chi connectivity index (χ1v) is 11.0. The molecule has 0 N–H and O–H groups in total. The summed E-state index contributed by atoms with van der Waals surface area (Å²) in [6.45, 7) is 1.61. The van der Waals surface area contributed by atoms with Crippen LogP contribution < -0.4 is 0 Å². The van der Waals surface area contributed by atoms with E-state index in [-0.39, 0.29) is 17.4 Å². The van der Waals surface area contributed by atoms with Gasteiger partial charge >= 0.3 is 0 Å². The Balaban J connectivity index is 1.54. The Hall–Kier alpha value is -2.72. The van der Waals surface area contributed by atoms with Crippen molar-refractivity contribution in [1.82, 2.24) is 9.88 Å². The molecule has 2 aromatic carbocycles. The Bertz CT molecular complexity index is 1070. The summed E-state index contributed by atoms with van der Waals surface area (Å²) in [5, 5.41) is 0.927. The number of methoxy groups -OCH3 is 1. The van der Waals surface area contributed by atoms with Gasteiger partial charge in [0.05, 0.1) is 22.9 Å². The Morgan fingerprint density at radius 3 is 2.67 bits per heavy atom. The minimum absolute atomic E-state index is 0.117. The molecule has 30 heavy (non-hydrogen) atoms.